The van der Waals surface area contributed by atoms with Gasteiger partial charge in [-0.3, -0.25) is 9.89 Å². The number of nitrogens with zero attached hydrogens (tertiary/aromatic N) is 4. The summed E-state index contributed by atoms with van der Waals surface area (Å²) >= 11 is 0. The number of aryl methyl sites for hydroxylation is 1. The molecule has 128 valence electrons. The quantitative estimate of drug-likeness (QED) is 0.884. The number of likely N-dealkylation sites (N-methyl/N-ethyl adjacent to an activating group) is 1. The molecule has 0 bridgehead atoms. The third-order valence-corrected chi connectivity index (χ3v) is 4.22. The molecule has 0 aliphatic carbocycles. The first-order valence-electron chi connectivity index (χ1n) is 7.84. The van der Waals surface area contributed by atoms with Crippen LogP contribution in [0, 0.1) is 6.92 Å². The number of carbonyl (C=O) groups excluding carboxylic acids is 1. The van der Waals surface area contributed by atoms with Gasteiger partial charge in [0.05, 0.1) is 13.2 Å². The number of nitrogens with one attached hydrogen (secondary N) is 1. The molecule has 3 rings (SSSR count). The van der Waals surface area contributed by atoms with E-state index < -0.39 is 0 Å². The van der Waals surface area contributed by atoms with Crippen LogP contribution in [0.15, 0.2) is 18.5 Å². The molecule has 1 aliphatic rings. The van der Waals surface area contributed by atoms with E-state index in [4.69, 9.17) is 9.47 Å². The average Bonchev–Trinajstić information content (AvgIpc) is 3.25. The maximum atomic E-state index is 12.7. The fraction of sp³-hybridized carbons (Fsp3) is 0.500. The molecule has 1 saturated heterocycles. The van der Waals surface area contributed by atoms with E-state index in [0.29, 0.717) is 24.6 Å². The minimum Gasteiger partial charge on any atom is -0.480 e. The molecular weight excluding hydrogens is 310 g/mol. The van der Waals surface area contributed by atoms with Crippen molar-refractivity contribution in [2.75, 3.05) is 27.3 Å². The third kappa shape index (κ3) is 3.23. The van der Waals surface area contributed by atoms with Gasteiger partial charge in [0.2, 0.25) is 5.88 Å². The second kappa shape index (κ2) is 6.96. The number of rotatable bonds is 5. The number of amides is 1. The van der Waals surface area contributed by atoms with Crippen molar-refractivity contribution < 1.29 is 14.3 Å². The van der Waals surface area contributed by atoms with E-state index in [2.05, 4.69) is 20.2 Å². The van der Waals surface area contributed by atoms with Crippen LogP contribution in [0.4, 0.5) is 0 Å². The van der Waals surface area contributed by atoms with Gasteiger partial charge in [-0.2, -0.15) is 5.10 Å². The second-order valence-corrected chi connectivity index (χ2v) is 5.87. The Balaban J connectivity index is 1.72. The predicted octanol–water partition coefficient (Wildman–Crippen LogP) is 1.16. The lowest BCUT2D eigenvalue weighted by molar-refractivity contribution is 0.0547. The maximum Gasteiger partial charge on any atom is 0.259 e. The maximum absolute atomic E-state index is 12.7. The average molecular weight is 331 g/mol. The highest BCUT2D eigenvalue weighted by Gasteiger charge is 2.34. The van der Waals surface area contributed by atoms with Crippen LogP contribution in [0.2, 0.25) is 0 Å². The van der Waals surface area contributed by atoms with Crippen molar-refractivity contribution in [1.82, 2.24) is 25.1 Å². The van der Waals surface area contributed by atoms with Crippen LogP contribution in [-0.2, 0) is 4.74 Å². The van der Waals surface area contributed by atoms with Crippen molar-refractivity contribution in [3.05, 3.63) is 35.5 Å². The highest BCUT2D eigenvalue weighted by Crippen LogP contribution is 2.29. The summed E-state index contributed by atoms with van der Waals surface area (Å²) in [5.74, 6) is 1.10. The molecule has 2 atom stereocenters. The minimum atomic E-state index is -0.147. The molecule has 2 aromatic heterocycles. The molecule has 0 spiro atoms. The minimum absolute atomic E-state index is 0.112. The van der Waals surface area contributed by atoms with Gasteiger partial charge >= 0.3 is 0 Å². The molecule has 0 unspecified atom stereocenters. The van der Waals surface area contributed by atoms with E-state index >= 15 is 0 Å². The summed E-state index contributed by atoms with van der Waals surface area (Å²) in [4.78, 5) is 22.8. The van der Waals surface area contributed by atoms with Crippen LogP contribution >= 0.6 is 0 Å². The SMILES string of the molecule is COc1nc(C)ccc1C(=O)N(C)C[C@H]1OCC[C@H]1c1ncn[nH]1. The Morgan fingerprint density at radius 3 is 3.04 bits per heavy atom. The molecule has 3 heterocycles. The van der Waals surface area contributed by atoms with Crippen molar-refractivity contribution in [2.24, 2.45) is 0 Å². The summed E-state index contributed by atoms with van der Waals surface area (Å²) < 4.78 is 11.0. The lowest BCUT2D eigenvalue weighted by atomic mass is 10.0. The first-order chi connectivity index (χ1) is 11.6. The van der Waals surface area contributed by atoms with Gasteiger partial charge in [-0.15, -0.1) is 0 Å². The van der Waals surface area contributed by atoms with Gasteiger partial charge in [0.25, 0.3) is 5.91 Å². The van der Waals surface area contributed by atoms with Crippen molar-refractivity contribution in [2.45, 2.75) is 25.4 Å². The van der Waals surface area contributed by atoms with Crippen LogP contribution in [0.5, 0.6) is 5.88 Å². The Morgan fingerprint density at radius 2 is 2.33 bits per heavy atom. The zero-order chi connectivity index (χ0) is 17.1. The van der Waals surface area contributed by atoms with E-state index in [0.717, 1.165) is 17.9 Å². The molecule has 0 aromatic carbocycles. The number of aromatic nitrogens is 4. The highest BCUT2D eigenvalue weighted by atomic mass is 16.5. The fourth-order valence-electron chi connectivity index (χ4n) is 2.94. The largest absolute Gasteiger partial charge is 0.480 e. The summed E-state index contributed by atoms with van der Waals surface area (Å²) in [5.41, 5.74) is 1.25. The van der Waals surface area contributed by atoms with Crippen LogP contribution in [-0.4, -0.2) is 64.4 Å². The Hall–Kier alpha value is -2.48. The Morgan fingerprint density at radius 1 is 1.50 bits per heavy atom. The summed E-state index contributed by atoms with van der Waals surface area (Å²) in [7, 11) is 3.26. The lowest BCUT2D eigenvalue weighted by Gasteiger charge is -2.24. The number of hydrogen-bond donors (Lipinski definition) is 1. The van der Waals surface area contributed by atoms with E-state index in [1.165, 1.54) is 13.4 Å². The van der Waals surface area contributed by atoms with Crippen molar-refractivity contribution in [1.29, 1.82) is 0 Å². The molecular formula is C16H21N5O3. The van der Waals surface area contributed by atoms with Crippen LogP contribution < -0.4 is 4.74 Å². The molecule has 1 fully saturated rings. The number of carbonyl (C=O) groups is 1. The number of hydrogen-bond acceptors (Lipinski definition) is 6. The highest BCUT2D eigenvalue weighted by molar-refractivity contribution is 5.96. The van der Waals surface area contributed by atoms with E-state index in [-0.39, 0.29) is 17.9 Å². The normalized spacial score (nSPS) is 20.1. The summed E-state index contributed by atoms with van der Waals surface area (Å²) in [5, 5.41) is 6.79. The predicted molar refractivity (Wildman–Crippen MR) is 86.0 cm³/mol. The van der Waals surface area contributed by atoms with Crippen molar-refractivity contribution >= 4 is 5.91 Å². The Bertz CT molecular complexity index is 704. The number of methoxy groups -OCH3 is 1. The Labute approximate surface area is 140 Å². The van der Waals surface area contributed by atoms with E-state index in [9.17, 15) is 4.79 Å². The van der Waals surface area contributed by atoms with Gasteiger partial charge < -0.3 is 14.4 Å². The molecule has 1 N–H and O–H groups in total. The van der Waals surface area contributed by atoms with E-state index in [1.807, 2.05) is 6.92 Å². The molecule has 0 radical (unpaired) electrons. The van der Waals surface area contributed by atoms with Gasteiger partial charge in [-0.25, -0.2) is 9.97 Å². The number of H-pyrrole nitrogens is 1. The number of pyridine rings is 1. The van der Waals surface area contributed by atoms with Gasteiger partial charge in [0, 0.05) is 31.8 Å². The van der Waals surface area contributed by atoms with Gasteiger partial charge in [0.15, 0.2) is 0 Å². The molecule has 8 nitrogen and oxygen atoms in total. The van der Waals surface area contributed by atoms with Crippen LogP contribution in [0.3, 0.4) is 0 Å². The van der Waals surface area contributed by atoms with Gasteiger partial charge in [0.1, 0.15) is 17.7 Å². The van der Waals surface area contributed by atoms with Crippen LogP contribution in [0.1, 0.15) is 34.2 Å². The van der Waals surface area contributed by atoms with E-state index in [1.54, 1.807) is 24.1 Å². The number of ether oxygens (including phenoxy) is 2. The summed E-state index contributed by atoms with van der Waals surface area (Å²) in [6.45, 7) is 2.96. The smallest absolute Gasteiger partial charge is 0.259 e. The van der Waals surface area contributed by atoms with Crippen molar-refractivity contribution in [3.8, 4) is 5.88 Å². The molecule has 0 saturated carbocycles. The molecule has 1 amide bonds. The summed E-state index contributed by atoms with van der Waals surface area (Å²) in [6.07, 6.45) is 2.23. The summed E-state index contributed by atoms with van der Waals surface area (Å²) in [6, 6.07) is 3.54. The standard InChI is InChI=1S/C16H21N5O3/c1-10-4-5-12(15(19-10)23-3)16(22)21(2)8-13-11(6-7-24-13)14-17-9-18-20-14/h4-5,9,11,13H,6-8H2,1-3H3,(H,17,18,20)/t11-,13-/m1/s1. The molecule has 24 heavy (non-hydrogen) atoms. The van der Waals surface area contributed by atoms with Crippen molar-refractivity contribution in [3.63, 3.8) is 0 Å². The van der Waals surface area contributed by atoms with Crippen LogP contribution in [0.25, 0.3) is 0 Å². The lowest BCUT2D eigenvalue weighted by Crippen LogP contribution is -2.36. The van der Waals surface area contributed by atoms with Gasteiger partial charge in [-0.05, 0) is 25.5 Å². The third-order valence-electron chi connectivity index (χ3n) is 4.22. The van der Waals surface area contributed by atoms with Gasteiger partial charge in [-0.1, -0.05) is 0 Å². The Kier molecular flexibility index (Phi) is 4.75. The zero-order valence-corrected chi connectivity index (χ0v) is 14.0. The topological polar surface area (TPSA) is 93.2 Å². The first kappa shape index (κ1) is 16.4. The molecule has 2 aromatic rings. The molecule has 1 aliphatic heterocycles. The first-order valence-corrected chi connectivity index (χ1v) is 7.84. The number of aromatic amines is 1. The monoisotopic (exact) mass is 331 g/mol. The second-order valence-electron chi connectivity index (χ2n) is 5.87. The zero-order valence-electron chi connectivity index (χ0n) is 14.0. The fourth-order valence-corrected chi connectivity index (χ4v) is 2.94. The molecule has 8 heteroatoms.